The fraction of sp³-hybridized carbons (Fsp3) is 0.333. The summed E-state index contributed by atoms with van der Waals surface area (Å²) >= 11 is 1.22. The van der Waals surface area contributed by atoms with Gasteiger partial charge in [-0.25, -0.2) is 14.6 Å². The van der Waals surface area contributed by atoms with E-state index in [0.717, 1.165) is 24.8 Å². The topological polar surface area (TPSA) is 105 Å². The lowest BCUT2D eigenvalue weighted by Gasteiger charge is -2.24. The summed E-state index contributed by atoms with van der Waals surface area (Å²) in [7, 11) is 4.17. The van der Waals surface area contributed by atoms with Crippen molar-refractivity contribution in [2.24, 2.45) is 4.99 Å². The van der Waals surface area contributed by atoms with Crippen molar-refractivity contribution >= 4 is 29.4 Å². The van der Waals surface area contributed by atoms with Gasteiger partial charge in [0.15, 0.2) is 16.3 Å². The lowest BCUT2D eigenvalue weighted by Crippen LogP contribution is -2.39. The van der Waals surface area contributed by atoms with Gasteiger partial charge in [-0.3, -0.25) is 9.36 Å². The third kappa shape index (κ3) is 5.86. The summed E-state index contributed by atoms with van der Waals surface area (Å²) < 4.78 is 23.2. The van der Waals surface area contributed by atoms with Crippen molar-refractivity contribution in [3.63, 3.8) is 0 Å². The third-order valence-electron chi connectivity index (χ3n) is 6.57. The first-order valence-electron chi connectivity index (χ1n) is 12.9. The highest BCUT2D eigenvalue weighted by Gasteiger charge is 2.33. The smallest absolute Gasteiger partial charge is 0.338 e. The lowest BCUT2D eigenvalue weighted by atomic mass is 9.95. The van der Waals surface area contributed by atoms with Crippen LogP contribution in [-0.2, 0) is 14.3 Å². The van der Waals surface area contributed by atoms with Gasteiger partial charge < -0.3 is 18.9 Å². The monoisotopic (exact) mass is 564 g/mol. The summed E-state index contributed by atoms with van der Waals surface area (Å²) in [5, 5.41) is 0. The standard InChI is InChI=1S/C30H32N2O7S/c1-6-7-8-15-39-22-14-9-19(16-23(22)36-3)17-24-27(33)32-26(20-10-12-21(13-11-20)28(34)37-4)25(29(35)38-5)18(2)31-30(32)40-24/h9-14,16-17,26H,6-8,15H2,1-5H3. The van der Waals surface area contributed by atoms with Crippen LogP contribution in [0.25, 0.3) is 6.08 Å². The third-order valence-corrected chi connectivity index (χ3v) is 7.55. The molecule has 210 valence electrons. The molecule has 40 heavy (non-hydrogen) atoms. The SMILES string of the molecule is CCCCCOc1ccc(C=c2sc3n(c2=O)C(c2ccc(C(=O)OC)cc2)C(C(=O)OC)=C(C)N=3)cc1OC. The van der Waals surface area contributed by atoms with Crippen LogP contribution in [-0.4, -0.2) is 44.4 Å². The number of thiazole rings is 1. The van der Waals surface area contributed by atoms with Gasteiger partial charge in [-0.15, -0.1) is 0 Å². The number of ether oxygens (including phenoxy) is 4. The Bertz CT molecular complexity index is 1620. The quantitative estimate of drug-likeness (QED) is 0.273. The second-order valence-corrected chi connectivity index (χ2v) is 10.2. The molecule has 0 amide bonds. The number of hydrogen-bond acceptors (Lipinski definition) is 9. The Balaban J connectivity index is 1.79. The molecule has 1 aromatic heterocycles. The molecule has 10 heteroatoms. The Morgan fingerprint density at radius 2 is 1.73 bits per heavy atom. The van der Waals surface area contributed by atoms with Crippen molar-refractivity contribution in [1.82, 2.24) is 4.57 Å². The van der Waals surface area contributed by atoms with Gasteiger partial charge in [0, 0.05) is 0 Å². The summed E-state index contributed by atoms with van der Waals surface area (Å²) in [6.45, 7) is 4.45. The first-order chi connectivity index (χ1) is 19.3. The maximum absolute atomic E-state index is 13.8. The molecular weight excluding hydrogens is 532 g/mol. The number of aromatic nitrogens is 1. The number of hydrogen-bond donors (Lipinski definition) is 0. The van der Waals surface area contributed by atoms with E-state index in [1.54, 1.807) is 44.4 Å². The molecule has 3 aromatic rings. The Hall–Kier alpha value is -4.18. The van der Waals surface area contributed by atoms with Gasteiger partial charge in [-0.1, -0.05) is 49.3 Å². The van der Waals surface area contributed by atoms with Crippen LogP contribution >= 0.6 is 11.3 Å². The molecule has 0 saturated carbocycles. The fourth-order valence-electron chi connectivity index (χ4n) is 4.51. The summed E-state index contributed by atoms with van der Waals surface area (Å²) in [4.78, 5) is 43.6. The van der Waals surface area contributed by atoms with Crippen LogP contribution in [0.15, 0.2) is 63.5 Å². The highest BCUT2D eigenvalue weighted by atomic mass is 32.1. The predicted octanol–water partition coefficient (Wildman–Crippen LogP) is 3.77. The van der Waals surface area contributed by atoms with Crippen molar-refractivity contribution in [2.45, 2.75) is 39.2 Å². The second-order valence-electron chi connectivity index (χ2n) is 9.15. The van der Waals surface area contributed by atoms with E-state index < -0.39 is 18.0 Å². The summed E-state index contributed by atoms with van der Waals surface area (Å²) in [5.41, 5.74) is 2.13. The van der Waals surface area contributed by atoms with Gasteiger partial charge in [0.05, 0.1) is 55.3 Å². The molecule has 0 fully saturated rings. The highest BCUT2D eigenvalue weighted by Crippen LogP contribution is 2.31. The highest BCUT2D eigenvalue weighted by molar-refractivity contribution is 7.07. The number of carbonyl (C=O) groups is 2. The summed E-state index contributed by atoms with van der Waals surface area (Å²) in [5.74, 6) is 0.149. The van der Waals surface area contributed by atoms with E-state index in [9.17, 15) is 14.4 Å². The van der Waals surface area contributed by atoms with Crippen molar-refractivity contribution in [2.75, 3.05) is 27.9 Å². The molecule has 1 unspecified atom stereocenters. The van der Waals surface area contributed by atoms with Crippen LogP contribution in [0, 0.1) is 0 Å². The average molecular weight is 565 g/mol. The largest absolute Gasteiger partial charge is 0.493 e. The molecule has 0 N–H and O–H groups in total. The number of methoxy groups -OCH3 is 3. The van der Waals surface area contributed by atoms with Gasteiger partial charge in [0.2, 0.25) is 0 Å². The molecule has 0 saturated heterocycles. The van der Waals surface area contributed by atoms with E-state index in [2.05, 4.69) is 11.9 Å². The molecule has 0 bridgehead atoms. The van der Waals surface area contributed by atoms with Crippen molar-refractivity contribution < 1.29 is 28.5 Å². The zero-order chi connectivity index (χ0) is 28.8. The minimum atomic E-state index is -0.786. The number of rotatable bonds is 10. The number of allylic oxidation sites excluding steroid dienone is 1. The molecular formula is C30H32N2O7S. The number of carbonyl (C=O) groups excluding carboxylic acids is 2. The average Bonchev–Trinajstić information content (AvgIpc) is 3.28. The maximum Gasteiger partial charge on any atom is 0.338 e. The van der Waals surface area contributed by atoms with E-state index in [1.165, 1.54) is 30.1 Å². The van der Waals surface area contributed by atoms with Crippen LogP contribution in [0.3, 0.4) is 0 Å². The van der Waals surface area contributed by atoms with Gasteiger partial charge in [-0.2, -0.15) is 0 Å². The number of benzene rings is 2. The van der Waals surface area contributed by atoms with Crippen LogP contribution < -0.4 is 24.4 Å². The predicted molar refractivity (Wildman–Crippen MR) is 152 cm³/mol. The van der Waals surface area contributed by atoms with Crippen LogP contribution in [0.5, 0.6) is 11.5 Å². The minimum Gasteiger partial charge on any atom is -0.493 e. The van der Waals surface area contributed by atoms with E-state index >= 15 is 0 Å². The number of fused-ring (bicyclic) bond motifs is 1. The Kier molecular flexibility index (Phi) is 9.21. The molecule has 1 atom stereocenters. The van der Waals surface area contributed by atoms with E-state index in [0.29, 0.717) is 44.3 Å². The van der Waals surface area contributed by atoms with Crippen LogP contribution in [0.4, 0.5) is 0 Å². The number of nitrogens with zero attached hydrogens (tertiary/aromatic N) is 2. The summed E-state index contributed by atoms with van der Waals surface area (Å²) in [6.07, 6.45) is 4.93. The van der Waals surface area contributed by atoms with E-state index in [-0.39, 0.29) is 11.1 Å². The first-order valence-corrected chi connectivity index (χ1v) is 13.7. The molecule has 1 aliphatic rings. The molecule has 9 nitrogen and oxygen atoms in total. The van der Waals surface area contributed by atoms with E-state index in [1.807, 2.05) is 18.2 Å². The summed E-state index contributed by atoms with van der Waals surface area (Å²) in [6, 6.07) is 11.3. The minimum absolute atomic E-state index is 0.249. The molecule has 1 aliphatic heterocycles. The Morgan fingerprint density at radius 1 is 1.00 bits per heavy atom. The van der Waals surface area contributed by atoms with Crippen LogP contribution in [0.2, 0.25) is 0 Å². The zero-order valence-corrected chi connectivity index (χ0v) is 24.0. The first kappa shape index (κ1) is 28.8. The Labute approximate surface area is 236 Å². The molecule has 2 heterocycles. The van der Waals surface area contributed by atoms with Gasteiger partial charge in [0.1, 0.15) is 0 Å². The molecule has 4 rings (SSSR count). The molecule has 2 aromatic carbocycles. The number of esters is 2. The zero-order valence-electron chi connectivity index (χ0n) is 23.2. The molecule has 0 radical (unpaired) electrons. The fourth-order valence-corrected chi connectivity index (χ4v) is 5.55. The van der Waals surface area contributed by atoms with E-state index in [4.69, 9.17) is 18.9 Å². The van der Waals surface area contributed by atoms with Gasteiger partial charge in [-0.05, 0) is 54.8 Å². The molecule has 0 aliphatic carbocycles. The van der Waals surface area contributed by atoms with Gasteiger partial charge in [0.25, 0.3) is 5.56 Å². The van der Waals surface area contributed by atoms with Crippen LogP contribution in [0.1, 0.15) is 60.6 Å². The Morgan fingerprint density at radius 3 is 2.38 bits per heavy atom. The molecule has 0 spiro atoms. The normalized spacial score (nSPS) is 14.8. The van der Waals surface area contributed by atoms with Crippen molar-refractivity contribution in [3.05, 3.63) is 90.1 Å². The van der Waals surface area contributed by atoms with Gasteiger partial charge >= 0.3 is 11.9 Å². The number of unbranched alkanes of at least 4 members (excludes halogenated alkanes) is 2. The second kappa shape index (κ2) is 12.8. The van der Waals surface area contributed by atoms with Crippen molar-refractivity contribution in [3.8, 4) is 11.5 Å². The van der Waals surface area contributed by atoms with Crippen molar-refractivity contribution in [1.29, 1.82) is 0 Å². The lowest BCUT2D eigenvalue weighted by molar-refractivity contribution is -0.136. The maximum atomic E-state index is 13.8.